The van der Waals surface area contributed by atoms with Gasteiger partial charge in [-0.3, -0.25) is 14.5 Å². The molecule has 0 aliphatic rings. The van der Waals surface area contributed by atoms with Gasteiger partial charge in [-0.2, -0.15) is 5.10 Å². The lowest BCUT2D eigenvalue weighted by molar-refractivity contribution is 0.102. The quantitative estimate of drug-likeness (QED) is 0.273. The van der Waals surface area contributed by atoms with Crippen molar-refractivity contribution >= 4 is 28.8 Å². The normalized spacial score (nSPS) is 11.5. The van der Waals surface area contributed by atoms with E-state index in [4.69, 9.17) is 0 Å². The topological polar surface area (TPSA) is 96.8 Å². The van der Waals surface area contributed by atoms with Gasteiger partial charge in [0.1, 0.15) is 5.82 Å². The molecule has 0 radical (unpaired) electrons. The van der Waals surface area contributed by atoms with Crippen LogP contribution in [0.25, 0.3) is 5.70 Å². The van der Waals surface area contributed by atoms with Gasteiger partial charge in [0.05, 0.1) is 23.6 Å². The number of nitrogens with zero attached hydrogens (tertiary/aromatic N) is 4. The number of hydrogen-bond acceptors (Lipinski definition) is 6. The number of aryl methyl sites for hydroxylation is 3. The molecule has 1 atom stereocenters. The molecule has 0 aliphatic carbocycles. The first-order valence-corrected chi connectivity index (χ1v) is 12.2. The van der Waals surface area contributed by atoms with Gasteiger partial charge in [0.2, 0.25) is 0 Å². The number of allylic oxidation sites excluding steroid dienone is 1. The molecule has 37 heavy (non-hydrogen) atoms. The minimum Gasteiger partial charge on any atom is -0.377 e. The molecule has 1 aromatic carbocycles. The summed E-state index contributed by atoms with van der Waals surface area (Å²) in [5.74, 6) is 0.618. The number of carbonyl (C=O) groups excluding carboxylic acids is 1. The molecule has 3 heterocycles. The third kappa shape index (κ3) is 6.41. The molecule has 3 N–H and O–H groups in total. The summed E-state index contributed by atoms with van der Waals surface area (Å²) in [6.45, 7) is 10.2. The molecule has 0 aliphatic heterocycles. The second kappa shape index (κ2) is 11.1. The van der Waals surface area contributed by atoms with E-state index < -0.39 is 0 Å². The van der Waals surface area contributed by atoms with Crippen LogP contribution in [0.1, 0.15) is 59.4 Å². The van der Waals surface area contributed by atoms with Crippen molar-refractivity contribution in [1.29, 1.82) is 0 Å². The molecule has 0 fully saturated rings. The first kappa shape index (κ1) is 25.6. The predicted octanol–water partition coefficient (Wildman–Crippen LogP) is 6.12. The van der Waals surface area contributed by atoms with Gasteiger partial charge >= 0.3 is 0 Å². The largest absolute Gasteiger partial charge is 0.377 e. The van der Waals surface area contributed by atoms with Crippen molar-refractivity contribution in [2.75, 3.05) is 16.0 Å². The van der Waals surface area contributed by atoms with Gasteiger partial charge in [-0.15, -0.1) is 0 Å². The average Bonchev–Trinajstić information content (AvgIpc) is 3.29. The molecule has 1 amide bonds. The molecule has 0 saturated carbocycles. The minimum absolute atomic E-state index is 0.00114. The number of anilines is 3. The van der Waals surface area contributed by atoms with Crippen LogP contribution in [0, 0.1) is 13.8 Å². The lowest BCUT2D eigenvalue weighted by atomic mass is 10.1. The number of hydrogen-bond donors (Lipinski definition) is 3. The van der Waals surface area contributed by atoms with Gasteiger partial charge in [-0.1, -0.05) is 17.7 Å². The van der Waals surface area contributed by atoms with E-state index in [1.165, 1.54) is 0 Å². The van der Waals surface area contributed by atoms with E-state index in [9.17, 15) is 4.79 Å². The first-order valence-electron chi connectivity index (χ1n) is 12.2. The van der Waals surface area contributed by atoms with E-state index >= 15 is 0 Å². The molecule has 3 aromatic heterocycles. The molecular formula is C29H33N7O. The summed E-state index contributed by atoms with van der Waals surface area (Å²) in [6.07, 6.45) is 8.95. The lowest BCUT2D eigenvalue weighted by Gasteiger charge is -2.18. The van der Waals surface area contributed by atoms with Crippen LogP contribution in [0.4, 0.5) is 17.2 Å². The monoisotopic (exact) mass is 495 g/mol. The smallest absolute Gasteiger partial charge is 0.257 e. The van der Waals surface area contributed by atoms with E-state index in [-0.39, 0.29) is 11.9 Å². The van der Waals surface area contributed by atoms with Crippen LogP contribution in [0.15, 0.2) is 73.0 Å². The molecule has 0 spiro atoms. The fourth-order valence-corrected chi connectivity index (χ4v) is 4.04. The van der Waals surface area contributed by atoms with E-state index in [2.05, 4.69) is 57.9 Å². The van der Waals surface area contributed by atoms with Crippen molar-refractivity contribution in [2.24, 2.45) is 7.05 Å². The van der Waals surface area contributed by atoms with Crippen molar-refractivity contribution in [1.82, 2.24) is 19.7 Å². The van der Waals surface area contributed by atoms with Crippen molar-refractivity contribution in [3.8, 4) is 0 Å². The van der Waals surface area contributed by atoms with Crippen LogP contribution in [0.5, 0.6) is 0 Å². The molecule has 4 aromatic rings. The highest BCUT2D eigenvalue weighted by atomic mass is 16.1. The SMILES string of the molecule is CC(C)=C(Nc1ncc(NC(C)c2cccc(NC(=O)c3cncc(C)c3)c2)cc1C)c1cnn(C)c1. The summed E-state index contributed by atoms with van der Waals surface area (Å²) in [5.41, 5.74) is 8.35. The van der Waals surface area contributed by atoms with Gasteiger partial charge in [0, 0.05) is 48.6 Å². The van der Waals surface area contributed by atoms with Gasteiger partial charge in [0.25, 0.3) is 5.91 Å². The minimum atomic E-state index is -0.182. The maximum atomic E-state index is 12.6. The second-order valence-corrected chi connectivity index (χ2v) is 9.49. The zero-order valence-electron chi connectivity index (χ0n) is 22.1. The Hall–Kier alpha value is -4.46. The molecular weight excluding hydrogens is 462 g/mol. The fraction of sp³-hybridized carbons (Fsp3) is 0.241. The predicted molar refractivity (Wildman–Crippen MR) is 149 cm³/mol. The third-order valence-electron chi connectivity index (χ3n) is 5.98. The molecule has 4 rings (SSSR count). The summed E-state index contributed by atoms with van der Waals surface area (Å²) in [6, 6.07) is 11.7. The van der Waals surface area contributed by atoms with Crippen molar-refractivity contribution in [3.05, 3.63) is 101 Å². The van der Waals surface area contributed by atoms with Crippen molar-refractivity contribution in [3.63, 3.8) is 0 Å². The van der Waals surface area contributed by atoms with Gasteiger partial charge in [-0.05, 0) is 75.6 Å². The number of aromatic nitrogens is 4. The third-order valence-corrected chi connectivity index (χ3v) is 5.98. The maximum absolute atomic E-state index is 12.6. The Morgan fingerprint density at radius 1 is 0.946 bits per heavy atom. The molecule has 0 saturated heterocycles. The van der Waals surface area contributed by atoms with E-state index in [0.29, 0.717) is 5.56 Å². The van der Waals surface area contributed by atoms with Crippen LogP contribution in [-0.2, 0) is 7.05 Å². The van der Waals surface area contributed by atoms with E-state index in [0.717, 1.165) is 50.7 Å². The Balaban J connectivity index is 1.44. The Morgan fingerprint density at radius 2 is 1.76 bits per heavy atom. The number of carbonyl (C=O) groups is 1. The molecule has 1 unspecified atom stereocenters. The summed E-state index contributed by atoms with van der Waals surface area (Å²) >= 11 is 0. The van der Waals surface area contributed by atoms with Gasteiger partial charge in [-0.25, -0.2) is 4.98 Å². The van der Waals surface area contributed by atoms with Crippen LogP contribution in [0.3, 0.4) is 0 Å². The van der Waals surface area contributed by atoms with Crippen molar-refractivity contribution < 1.29 is 4.79 Å². The highest BCUT2D eigenvalue weighted by Crippen LogP contribution is 2.26. The Kier molecular flexibility index (Phi) is 7.67. The van der Waals surface area contributed by atoms with Crippen LogP contribution >= 0.6 is 0 Å². The summed E-state index contributed by atoms with van der Waals surface area (Å²) in [5, 5.41) is 14.2. The Labute approximate surface area is 217 Å². The Morgan fingerprint density at radius 3 is 2.43 bits per heavy atom. The highest BCUT2D eigenvalue weighted by molar-refractivity contribution is 6.04. The van der Waals surface area contributed by atoms with Crippen LogP contribution in [0.2, 0.25) is 0 Å². The number of pyridine rings is 2. The second-order valence-electron chi connectivity index (χ2n) is 9.49. The van der Waals surface area contributed by atoms with E-state index in [1.807, 2.05) is 69.8 Å². The zero-order chi connectivity index (χ0) is 26.5. The molecule has 190 valence electrons. The van der Waals surface area contributed by atoms with Gasteiger partial charge < -0.3 is 16.0 Å². The van der Waals surface area contributed by atoms with Crippen LogP contribution in [-0.4, -0.2) is 25.7 Å². The van der Waals surface area contributed by atoms with Gasteiger partial charge in [0.15, 0.2) is 0 Å². The number of rotatable bonds is 8. The molecule has 8 nitrogen and oxygen atoms in total. The van der Waals surface area contributed by atoms with E-state index in [1.54, 1.807) is 17.1 Å². The number of nitrogens with one attached hydrogen (secondary N) is 3. The van der Waals surface area contributed by atoms with Crippen molar-refractivity contribution in [2.45, 2.75) is 40.7 Å². The number of benzene rings is 1. The fourth-order valence-electron chi connectivity index (χ4n) is 4.04. The Bertz CT molecular complexity index is 1450. The standard InChI is InChI=1S/C29H33N7O/c1-18(2)27(24-15-32-36(6)17-24)35-28-20(4)11-26(16-31-28)33-21(5)22-8-7-9-25(12-22)34-29(37)23-10-19(3)13-30-14-23/h7-17,21,33H,1-6H3,(H,31,35)(H,34,37). The van der Waals surface area contributed by atoms with Crippen LogP contribution < -0.4 is 16.0 Å². The maximum Gasteiger partial charge on any atom is 0.257 e. The zero-order valence-corrected chi connectivity index (χ0v) is 22.1. The summed E-state index contributed by atoms with van der Waals surface area (Å²) < 4.78 is 1.79. The highest BCUT2D eigenvalue weighted by Gasteiger charge is 2.13. The lowest BCUT2D eigenvalue weighted by Crippen LogP contribution is -2.13. The molecule has 8 heteroatoms. The summed E-state index contributed by atoms with van der Waals surface area (Å²) in [7, 11) is 1.91. The number of amides is 1. The summed E-state index contributed by atoms with van der Waals surface area (Å²) in [4.78, 5) is 21.4. The average molecular weight is 496 g/mol. The molecule has 0 bridgehead atoms. The first-order chi connectivity index (χ1) is 17.7.